The summed E-state index contributed by atoms with van der Waals surface area (Å²) < 4.78 is 39.5. The van der Waals surface area contributed by atoms with Crippen LogP contribution in [0.25, 0.3) is 0 Å². The quantitative estimate of drug-likeness (QED) is 0.640. The van der Waals surface area contributed by atoms with Crippen molar-refractivity contribution in [3.63, 3.8) is 0 Å². The third-order valence-electron chi connectivity index (χ3n) is 2.45. The Labute approximate surface area is 121 Å². The van der Waals surface area contributed by atoms with E-state index in [0.717, 1.165) is 0 Å². The van der Waals surface area contributed by atoms with Crippen LogP contribution in [0.15, 0.2) is 6.07 Å². The normalized spacial score (nSPS) is 13.3. The number of rotatable bonds is 3. The van der Waals surface area contributed by atoms with Gasteiger partial charge < -0.3 is 19.5 Å². The molecule has 1 aliphatic rings. The first-order valence-electron chi connectivity index (χ1n) is 5.31. The maximum absolute atomic E-state index is 12.4. The van der Waals surface area contributed by atoms with E-state index in [1.807, 2.05) is 22.6 Å². The molecular formula is C11H10F2INO4. The van der Waals surface area contributed by atoms with Gasteiger partial charge in [-0.1, -0.05) is 0 Å². The number of carbonyl (C=O) groups excluding carboxylic acids is 1. The Morgan fingerprint density at radius 2 is 2.32 bits per heavy atom. The van der Waals surface area contributed by atoms with Gasteiger partial charge in [0.1, 0.15) is 12.2 Å². The fraction of sp³-hybridized carbons (Fsp3) is 0.364. The van der Waals surface area contributed by atoms with E-state index in [-0.39, 0.29) is 17.1 Å². The van der Waals surface area contributed by atoms with Crippen LogP contribution in [0.5, 0.6) is 11.5 Å². The summed E-state index contributed by atoms with van der Waals surface area (Å²) >= 11 is 1.86. The lowest BCUT2D eigenvalue weighted by atomic mass is 10.1. The van der Waals surface area contributed by atoms with Crippen molar-refractivity contribution in [1.82, 2.24) is 0 Å². The number of anilines is 1. The highest BCUT2D eigenvalue weighted by molar-refractivity contribution is 14.1. The van der Waals surface area contributed by atoms with Crippen molar-refractivity contribution in [2.24, 2.45) is 0 Å². The topological polar surface area (TPSA) is 56.8 Å². The maximum Gasteiger partial charge on any atom is 0.387 e. The van der Waals surface area contributed by atoms with Crippen LogP contribution in [0.2, 0.25) is 0 Å². The molecule has 1 N–H and O–H groups in total. The lowest BCUT2D eigenvalue weighted by Crippen LogP contribution is -2.22. The number of nitrogens with one attached hydrogen (secondary N) is 1. The van der Waals surface area contributed by atoms with E-state index in [1.165, 1.54) is 13.2 Å². The SMILES string of the molecule is COC(=O)c1c(I)cc(OC(F)F)c2c1NCCO2. The molecule has 0 spiro atoms. The van der Waals surface area contributed by atoms with Crippen molar-refractivity contribution in [2.45, 2.75) is 6.61 Å². The van der Waals surface area contributed by atoms with Crippen LogP contribution >= 0.6 is 22.6 Å². The lowest BCUT2D eigenvalue weighted by molar-refractivity contribution is -0.0515. The molecule has 5 nitrogen and oxygen atoms in total. The number of hydrogen-bond acceptors (Lipinski definition) is 5. The van der Waals surface area contributed by atoms with E-state index >= 15 is 0 Å². The second-order valence-electron chi connectivity index (χ2n) is 3.58. The van der Waals surface area contributed by atoms with Gasteiger partial charge in [-0.3, -0.25) is 0 Å². The Balaban J connectivity index is 2.56. The van der Waals surface area contributed by atoms with Crippen LogP contribution in [-0.4, -0.2) is 32.8 Å². The molecule has 8 heteroatoms. The Bertz CT molecular complexity index is 510. The zero-order valence-electron chi connectivity index (χ0n) is 9.84. The van der Waals surface area contributed by atoms with Crippen LogP contribution in [0.3, 0.4) is 0 Å². The number of methoxy groups -OCH3 is 1. The average Bonchev–Trinajstić information content (AvgIpc) is 2.37. The number of ether oxygens (including phenoxy) is 3. The van der Waals surface area contributed by atoms with Crippen LogP contribution in [0.4, 0.5) is 14.5 Å². The van der Waals surface area contributed by atoms with Crippen LogP contribution in [0, 0.1) is 3.57 Å². The highest BCUT2D eigenvalue weighted by Crippen LogP contribution is 2.43. The van der Waals surface area contributed by atoms with Gasteiger partial charge in [0.15, 0.2) is 11.5 Å². The van der Waals surface area contributed by atoms with Crippen LogP contribution in [0.1, 0.15) is 10.4 Å². The monoisotopic (exact) mass is 385 g/mol. The lowest BCUT2D eigenvalue weighted by Gasteiger charge is -2.24. The minimum atomic E-state index is -2.96. The molecule has 104 valence electrons. The number of carbonyl (C=O) groups is 1. The van der Waals surface area contributed by atoms with Crippen molar-refractivity contribution >= 4 is 34.2 Å². The molecule has 0 radical (unpaired) electrons. The largest absolute Gasteiger partial charge is 0.486 e. The molecule has 0 bridgehead atoms. The molecule has 0 saturated carbocycles. The zero-order valence-corrected chi connectivity index (χ0v) is 12.0. The van der Waals surface area contributed by atoms with E-state index < -0.39 is 12.6 Å². The molecular weight excluding hydrogens is 375 g/mol. The Kier molecular flexibility index (Phi) is 4.27. The Hall–Kier alpha value is -1.32. The van der Waals surface area contributed by atoms with Crippen LogP contribution < -0.4 is 14.8 Å². The van der Waals surface area contributed by atoms with Gasteiger partial charge in [0.2, 0.25) is 0 Å². The molecule has 1 heterocycles. The summed E-state index contributed by atoms with van der Waals surface area (Å²) in [5.74, 6) is -0.566. The molecule has 0 saturated heterocycles. The summed E-state index contributed by atoms with van der Waals surface area (Å²) in [5, 5.41) is 2.95. The molecule has 0 unspecified atom stereocenters. The zero-order chi connectivity index (χ0) is 14.0. The second kappa shape index (κ2) is 5.76. The molecule has 0 fully saturated rings. The minimum Gasteiger partial charge on any atom is -0.486 e. The van der Waals surface area contributed by atoms with Gasteiger partial charge in [-0.05, 0) is 28.7 Å². The summed E-state index contributed by atoms with van der Waals surface area (Å²) in [4.78, 5) is 11.7. The number of alkyl halides is 2. The Morgan fingerprint density at radius 1 is 1.58 bits per heavy atom. The third-order valence-corrected chi connectivity index (χ3v) is 3.30. The number of benzene rings is 1. The van der Waals surface area contributed by atoms with Crippen LogP contribution in [-0.2, 0) is 4.74 Å². The molecule has 0 aromatic heterocycles. The first-order valence-corrected chi connectivity index (χ1v) is 6.38. The summed E-state index contributed by atoms with van der Waals surface area (Å²) in [6.07, 6.45) is 0. The van der Waals surface area contributed by atoms with Crippen molar-refractivity contribution in [3.05, 3.63) is 15.2 Å². The second-order valence-corrected chi connectivity index (χ2v) is 4.74. The Morgan fingerprint density at radius 3 is 2.95 bits per heavy atom. The first kappa shape index (κ1) is 14.1. The highest BCUT2D eigenvalue weighted by atomic mass is 127. The third kappa shape index (κ3) is 2.82. The van der Waals surface area contributed by atoms with Crippen molar-refractivity contribution in [3.8, 4) is 11.5 Å². The van der Waals surface area contributed by atoms with Gasteiger partial charge in [-0.2, -0.15) is 8.78 Å². The molecule has 1 aliphatic heterocycles. The molecule has 1 aromatic carbocycles. The van der Waals surface area contributed by atoms with Gasteiger partial charge in [-0.25, -0.2) is 4.79 Å². The van der Waals surface area contributed by atoms with Gasteiger partial charge in [-0.15, -0.1) is 0 Å². The van der Waals surface area contributed by atoms with E-state index in [4.69, 9.17) is 4.74 Å². The highest BCUT2D eigenvalue weighted by Gasteiger charge is 2.27. The van der Waals surface area contributed by atoms with E-state index in [1.54, 1.807) is 0 Å². The fourth-order valence-corrected chi connectivity index (χ4v) is 2.51. The predicted molar refractivity (Wildman–Crippen MR) is 71.1 cm³/mol. The number of hydrogen-bond donors (Lipinski definition) is 1. The van der Waals surface area contributed by atoms with Crippen molar-refractivity contribution in [2.75, 3.05) is 25.6 Å². The fourth-order valence-electron chi connectivity index (χ4n) is 1.74. The molecule has 1 aromatic rings. The molecule has 19 heavy (non-hydrogen) atoms. The summed E-state index contributed by atoms with van der Waals surface area (Å²) in [6, 6.07) is 1.32. The van der Waals surface area contributed by atoms with Gasteiger partial charge in [0.05, 0.1) is 12.8 Å². The molecule has 0 amide bonds. The van der Waals surface area contributed by atoms with Crippen molar-refractivity contribution in [1.29, 1.82) is 0 Å². The van der Waals surface area contributed by atoms with E-state index in [9.17, 15) is 13.6 Å². The summed E-state index contributed by atoms with van der Waals surface area (Å²) in [7, 11) is 1.25. The average molecular weight is 385 g/mol. The smallest absolute Gasteiger partial charge is 0.387 e. The molecule has 0 atom stereocenters. The van der Waals surface area contributed by atoms with Crippen molar-refractivity contribution < 1.29 is 27.8 Å². The van der Waals surface area contributed by atoms with Gasteiger partial charge >= 0.3 is 12.6 Å². The van der Waals surface area contributed by atoms with Gasteiger partial charge in [0.25, 0.3) is 0 Å². The minimum absolute atomic E-state index is 0.103. The number of esters is 1. The molecule has 0 aliphatic carbocycles. The first-order chi connectivity index (χ1) is 9.04. The molecule has 2 rings (SSSR count). The van der Waals surface area contributed by atoms with E-state index in [2.05, 4.69) is 14.8 Å². The summed E-state index contributed by atoms with van der Waals surface area (Å²) in [6.45, 7) is -2.20. The number of halogens is 3. The predicted octanol–water partition coefficient (Wildman–Crippen LogP) is 2.48. The standard InChI is InChI=1S/C11H10F2INO4/c1-17-10(16)7-5(14)4-6(19-11(12)13)9-8(7)15-2-3-18-9/h4,11,15H,2-3H2,1H3. The van der Waals surface area contributed by atoms with Gasteiger partial charge in [0, 0.05) is 10.1 Å². The summed E-state index contributed by atoms with van der Waals surface area (Å²) in [5.41, 5.74) is 0.570. The number of fused-ring (bicyclic) bond motifs is 1. The maximum atomic E-state index is 12.4. The van der Waals surface area contributed by atoms with E-state index in [0.29, 0.717) is 22.4 Å².